The number of fused-ring (bicyclic) bond motifs is 1. The molecule has 67 heavy (non-hydrogen) atoms. The number of phenolic OH excluding ortho intramolecular Hbond substituents is 1. The van der Waals surface area contributed by atoms with Crippen LogP contribution in [0.3, 0.4) is 0 Å². The second kappa shape index (κ2) is 18.0. The maximum Gasteiger partial charge on any atom is 0.149 e. The lowest BCUT2D eigenvalue weighted by molar-refractivity contribution is 0.448. The number of para-hydroxylation sites is 2. The Hall–Kier alpha value is -7.04. The molecule has 0 aliphatic rings. The number of rotatable bonds is 10. The second-order valence-electron chi connectivity index (χ2n) is 20.9. The SMILES string of the molecule is CC(C)c1cc(-c2ccccc2)cc(C(C)C)c1-n1c(-c2cccc(C(C)(C)C)c2O)nc2c(-c3cc(-c4cc(-c5ccc(Cc6ccccc6)cc5)ccn4)cc(C(C)(C)C)c3)cccc21. The van der Waals surface area contributed by atoms with E-state index in [2.05, 4.69) is 225 Å². The van der Waals surface area contributed by atoms with E-state index < -0.39 is 0 Å². The van der Waals surface area contributed by atoms with Crippen LogP contribution in [-0.2, 0) is 17.3 Å². The summed E-state index contributed by atoms with van der Waals surface area (Å²) >= 11 is 0. The highest BCUT2D eigenvalue weighted by Gasteiger charge is 2.29. The number of phenols is 1. The van der Waals surface area contributed by atoms with Crippen molar-refractivity contribution in [2.45, 2.75) is 98.3 Å². The zero-order valence-electron chi connectivity index (χ0n) is 40.8. The molecule has 0 atom stereocenters. The minimum atomic E-state index is -0.285. The largest absolute Gasteiger partial charge is 0.507 e. The highest BCUT2D eigenvalue weighted by molar-refractivity contribution is 5.97. The van der Waals surface area contributed by atoms with Crippen LogP contribution in [0.15, 0.2) is 170 Å². The summed E-state index contributed by atoms with van der Waals surface area (Å²) in [5.41, 5.74) is 19.2. The summed E-state index contributed by atoms with van der Waals surface area (Å²) in [6, 6.07) is 58.9. The van der Waals surface area contributed by atoms with Crippen molar-refractivity contribution >= 4 is 11.0 Å². The summed E-state index contributed by atoms with van der Waals surface area (Å²) < 4.78 is 2.35. The van der Waals surface area contributed by atoms with Gasteiger partial charge in [-0.15, -0.1) is 0 Å². The normalized spacial score (nSPS) is 12.1. The maximum atomic E-state index is 12.3. The smallest absolute Gasteiger partial charge is 0.149 e. The van der Waals surface area contributed by atoms with Gasteiger partial charge in [0.05, 0.1) is 28.0 Å². The van der Waals surface area contributed by atoms with Gasteiger partial charge in [-0.25, -0.2) is 4.98 Å². The molecule has 0 aliphatic carbocycles. The lowest BCUT2D eigenvalue weighted by Gasteiger charge is -2.25. The molecule has 7 aromatic carbocycles. The van der Waals surface area contributed by atoms with E-state index in [-0.39, 0.29) is 28.4 Å². The zero-order chi connectivity index (χ0) is 47.2. The van der Waals surface area contributed by atoms with Crippen LogP contribution >= 0.6 is 0 Å². The second-order valence-corrected chi connectivity index (χ2v) is 20.9. The molecule has 0 bridgehead atoms. The molecule has 0 spiro atoms. The zero-order valence-corrected chi connectivity index (χ0v) is 40.8. The number of imidazole rings is 1. The van der Waals surface area contributed by atoms with E-state index in [0.717, 1.165) is 68.0 Å². The topological polar surface area (TPSA) is 50.9 Å². The molecular formula is C63H63N3O. The fourth-order valence-electron chi connectivity index (χ4n) is 9.46. The van der Waals surface area contributed by atoms with Crippen LogP contribution in [0.5, 0.6) is 5.75 Å². The van der Waals surface area contributed by atoms with E-state index in [4.69, 9.17) is 9.97 Å². The van der Waals surface area contributed by atoms with E-state index in [1.165, 1.54) is 38.9 Å². The van der Waals surface area contributed by atoms with Crippen molar-refractivity contribution in [3.63, 3.8) is 0 Å². The van der Waals surface area contributed by atoms with Crippen molar-refractivity contribution in [3.05, 3.63) is 203 Å². The predicted molar refractivity (Wildman–Crippen MR) is 283 cm³/mol. The summed E-state index contributed by atoms with van der Waals surface area (Å²) in [4.78, 5) is 10.7. The van der Waals surface area contributed by atoms with Crippen molar-refractivity contribution in [2.75, 3.05) is 0 Å². The van der Waals surface area contributed by atoms with Gasteiger partial charge in [0.1, 0.15) is 11.6 Å². The summed E-state index contributed by atoms with van der Waals surface area (Å²) in [6.07, 6.45) is 2.83. The van der Waals surface area contributed by atoms with Gasteiger partial charge < -0.3 is 5.11 Å². The van der Waals surface area contributed by atoms with E-state index in [1.54, 1.807) is 0 Å². The molecular weight excluding hydrogens is 815 g/mol. The first-order valence-corrected chi connectivity index (χ1v) is 23.9. The molecule has 0 saturated heterocycles. The first-order chi connectivity index (χ1) is 32.0. The molecule has 2 heterocycles. The van der Waals surface area contributed by atoms with Crippen molar-refractivity contribution in [2.24, 2.45) is 0 Å². The number of benzene rings is 7. The van der Waals surface area contributed by atoms with Crippen molar-refractivity contribution in [1.29, 1.82) is 0 Å². The predicted octanol–water partition coefficient (Wildman–Crippen LogP) is 16.9. The molecule has 0 fully saturated rings. The van der Waals surface area contributed by atoms with Crippen LogP contribution in [0.4, 0.5) is 0 Å². The molecule has 0 aliphatic heterocycles. The Labute approximate surface area is 398 Å². The minimum absolute atomic E-state index is 0.145. The van der Waals surface area contributed by atoms with Gasteiger partial charge in [0.25, 0.3) is 0 Å². The Bertz CT molecular complexity index is 3190. The average molecular weight is 878 g/mol. The third kappa shape index (κ3) is 9.10. The molecule has 4 nitrogen and oxygen atoms in total. The molecule has 9 aromatic rings. The van der Waals surface area contributed by atoms with Crippen molar-refractivity contribution in [1.82, 2.24) is 14.5 Å². The molecule has 2 aromatic heterocycles. The first-order valence-electron chi connectivity index (χ1n) is 23.9. The highest BCUT2D eigenvalue weighted by atomic mass is 16.3. The van der Waals surface area contributed by atoms with Crippen LogP contribution in [0.1, 0.15) is 114 Å². The summed E-state index contributed by atoms with van der Waals surface area (Å²) in [5, 5.41) is 12.3. The Morgan fingerprint density at radius 2 is 1.10 bits per heavy atom. The Balaban J connectivity index is 1.25. The van der Waals surface area contributed by atoms with Crippen molar-refractivity contribution in [3.8, 4) is 67.5 Å². The number of hydrogen-bond acceptors (Lipinski definition) is 3. The molecule has 336 valence electrons. The number of pyridine rings is 1. The van der Waals surface area contributed by atoms with Gasteiger partial charge in [0, 0.05) is 17.3 Å². The lowest BCUT2D eigenvalue weighted by atomic mass is 9.83. The van der Waals surface area contributed by atoms with Gasteiger partial charge >= 0.3 is 0 Å². The Kier molecular flexibility index (Phi) is 12.1. The van der Waals surface area contributed by atoms with Gasteiger partial charge in [0.15, 0.2) is 0 Å². The number of aromatic nitrogens is 3. The number of aromatic hydroxyl groups is 1. The molecule has 0 amide bonds. The monoisotopic (exact) mass is 877 g/mol. The van der Waals surface area contributed by atoms with Gasteiger partial charge in [-0.3, -0.25) is 9.55 Å². The van der Waals surface area contributed by atoms with Gasteiger partial charge in [0.2, 0.25) is 0 Å². The minimum Gasteiger partial charge on any atom is -0.507 e. The Morgan fingerprint density at radius 3 is 1.75 bits per heavy atom. The standard InChI is InChI=1S/C63H63N3O/c1-40(2)53-37-47(44-21-15-12-16-22-44)38-54(41(3)4)59(53)66-57-26-18-23-51(58(57)65-61(66)52-24-17-25-55(60(52)67)63(8,9)10)48-34-49(36-50(35-48)62(5,6)7)56-39-46(31-32-64-56)45-29-27-43(28-30-45)33-42-19-13-11-14-20-42/h11-32,34-41,67H,33H2,1-10H3. The fourth-order valence-corrected chi connectivity index (χ4v) is 9.46. The average Bonchev–Trinajstić information content (AvgIpc) is 3.70. The fraction of sp³-hybridized carbons (Fsp3) is 0.238. The summed E-state index contributed by atoms with van der Waals surface area (Å²) in [7, 11) is 0. The van der Waals surface area contributed by atoms with E-state index in [1.807, 2.05) is 18.3 Å². The van der Waals surface area contributed by atoms with E-state index in [9.17, 15) is 5.11 Å². The summed E-state index contributed by atoms with van der Waals surface area (Å²) in [5.74, 6) is 1.38. The van der Waals surface area contributed by atoms with Crippen LogP contribution < -0.4 is 0 Å². The van der Waals surface area contributed by atoms with Gasteiger partial charge in [-0.1, -0.05) is 184 Å². The lowest BCUT2D eigenvalue weighted by Crippen LogP contribution is -2.12. The van der Waals surface area contributed by atoms with E-state index in [0.29, 0.717) is 5.56 Å². The highest BCUT2D eigenvalue weighted by Crippen LogP contribution is 2.46. The van der Waals surface area contributed by atoms with Crippen molar-refractivity contribution < 1.29 is 5.11 Å². The van der Waals surface area contributed by atoms with Crippen LogP contribution in [0.2, 0.25) is 0 Å². The molecule has 0 saturated carbocycles. The number of hydrogen-bond donors (Lipinski definition) is 1. The van der Waals surface area contributed by atoms with E-state index >= 15 is 0 Å². The van der Waals surface area contributed by atoms with Gasteiger partial charge in [-0.2, -0.15) is 0 Å². The summed E-state index contributed by atoms with van der Waals surface area (Å²) in [6.45, 7) is 22.4. The molecule has 0 radical (unpaired) electrons. The molecule has 9 rings (SSSR count). The third-order valence-corrected chi connectivity index (χ3v) is 13.2. The molecule has 1 N–H and O–H groups in total. The van der Waals surface area contributed by atoms with Crippen LogP contribution in [-0.4, -0.2) is 19.6 Å². The third-order valence-electron chi connectivity index (χ3n) is 13.2. The first kappa shape index (κ1) is 45.1. The maximum absolute atomic E-state index is 12.3. The molecule has 0 unspecified atom stereocenters. The Morgan fingerprint density at radius 1 is 0.507 bits per heavy atom. The number of nitrogens with zero attached hydrogens (tertiary/aromatic N) is 3. The molecule has 4 heteroatoms. The quantitative estimate of drug-likeness (QED) is 0.149. The van der Waals surface area contributed by atoms with Crippen LogP contribution in [0.25, 0.3) is 72.7 Å². The van der Waals surface area contributed by atoms with Gasteiger partial charge in [-0.05, 0) is 139 Å². The van der Waals surface area contributed by atoms with Crippen LogP contribution in [0, 0.1) is 0 Å².